The molecule has 0 radical (unpaired) electrons. The highest BCUT2D eigenvalue weighted by atomic mass is 32.1. The van der Waals surface area contributed by atoms with E-state index in [0.29, 0.717) is 23.4 Å². The number of carbonyl (C=O) groups excluding carboxylic acids is 1. The van der Waals surface area contributed by atoms with Crippen LogP contribution in [0.1, 0.15) is 31.2 Å². The highest BCUT2D eigenvalue weighted by molar-refractivity contribution is 7.80. The van der Waals surface area contributed by atoms with Crippen molar-refractivity contribution in [3.63, 3.8) is 0 Å². The highest BCUT2D eigenvalue weighted by Gasteiger charge is 2.39. The average molecular weight is 302 g/mol. The lowest BCUT2D eigenvalue weighted by Gasteiger charge is -2.27. The maximum Gasteiger partial charge on any atom is 0.233 e. The molecule has 21 heavy (non-hydrogen) atoms. The zero-order chi connectivity index (χ0) is 14.8. The fraction of sp³-hybridized carbons (Fsp3) is 0.529. The summed E-state index contributed by atoms with van der Waals surface area (Å²) in [5.41, 5.74) is 6.99. The number of amides is 1. The summed E-state index contributed by atoms with van der Waals surface area (Å²) in [4.78, 5) is 15.3. The van der Waals surface area contributed by atoms with Crippen molar-refractivity contribution in [1.29, 1.82) is 0 Å². The van der Waals surface area contributed by atoms with Gasteiger partial charge in [0.05, 0.1) is 10.9 Å². The third-order valence-corrected chi connectivity index (χ3v) is 4.63. The first-order chi connectivity index (χ1) is 10.1. The molecular formula is C17H22N2OS. The lowest BCUT2D eigenvalue weighted by atomic mass is 9.97. The van der Waals surface area contributed by atoms with Gasteiger partial charge >= 0.3 is 0 Å². The van der Waals surface area contributed by atoms with Crippen molar-refractivity contribution in [2.24, 2.45) is 17.6 Å². The molecule has 0 aromatic heterocycles. The summed E-state index contributed by atoms with van der Waals surface area (Å²) >= 11 is 5.18. The molecule has 3 nitrogen and oxygen atoms in total. The van der Waals surface area contributed by atoms with E-state index < -0.39 is 0 Å². The monoisotopic (exact) mass is 302 g/mol. The molecule has 0 saturated heterocycles. The average Bonchev–Trinajstić information content (AvgIpc) is 3.36. The zero-order valence-electron chi connectivity index (χ0n) is 12.2. The standard InChI is InChI=1S/C17H22N2OS/c18-16(21)15(10-12-4-2-1-3-5-12)17(20)19(14-8-9-14)11-13-6-7-13/h1-5,13-15H,6-11H2,(H2,18,21). The summed E-state index contributed by atoms with van der Waals surface area (Å²) in [6.45, 7) is 0.900. The number of hydrogen-bond acceptors (Lipinski definition) is 2. The van der Waals surface area contributed by atoms with E-state index in [-0.39, 0.29) is 11.8 Å². The maximum absolute atomic E-state index is 12.9. The third kappa shape index (κ3) is 3.82. The summed E-state index contributed by atoms with van der Waals surface area (Å²) in [7, 11) is 0. The Morgan fingerprint density at radius 3 is 2.43 bits per heavy atom. The normalized spacial score (nSPS) is 19.0. The van der Waals surface area contributed by atoms with Gasteiger partial charge in [-0.1, -0.05) is 42.5 Å². The Hall–Kier alpha value is -1.42. The third-order valence-electron chi connectivity index (χ3n) is 4.35. The summed E-state index contributed by atoms with van der Waals surface area (Å²) in [5.74, 6) is 0.487. The molecule has 2 aliphatic carbocycles. The minimum Gasteiger partial charge on any atom is -0.393 e. The molecule has 1 aromatic rings. The van der Waals surface area contributed by atoms with Crippen molar-refractivity contribution < 1.29 is 4.79 Å². The molecule has 3 rings (SSSR count). The predicted octanol–water partition coefficient (Wildman–Crippen LogP) is 2.53. The summed E-state index contributed by atoms with van der Waals surface area (Å²) in [6, 6.07) is 10.4. The van der Waals surface area contributed by atoms with Gasteiger partial charge in [-0.05, 0) is 43.6 Å². The molecule has 2 N–H and O–H groups in total. The fourth-order valence-electron chi connectivity index (χ4n) is 2.74. The van der Waals surface area contributed by atoms with Crippen molar-refractivity contribution in [3.05, 3.63) is 35.9 Å². The Balaban J connectivity index is 1.72. The van der Waals surface area contributed by atoms with Crippen molar-refractivity contribution in [2.75, 3.05) is 6.54 Å². The Morgan fingerprint density at radius 2 is 1.90 bits per heavy atom. The molecule has 1 unspecified atom stereocenters. The predicted molar refractivity (Wildman–Crippen MR) is 87.9 cm³/mol. The van der Waals surface area contributed by atoms with Gasteiger partial charge in [0.1, 0.15) is 0 Å². The van der Waals surface area contributed by atoms with E-state index in [0.717, 1.165) is 24.9 Å². The van der Waals surface area contributed by atoms with Crippen LogP contribution < -0.4 is 5.73 Å². The first-order valence-electron chi connectivity index (χ1n) is 7.79. The second-order valence-corrected chi connectivity index (χ2v) is 6.78. The van der Waals surface area contributed by atoms with Gasteiger partial charge in [-0.3, -0.25) is 4.79 Å². The summed E-state index contributed by atoms with van der Waals surface area (Å²) < 4.78 is 0. The Bertz CT molecular complexity index is 523. The van der Waals surface area contributed by atoms with Crippen LogP contribution in [0.5, 0.6) is 0 Å². The molecule has 2 fully saturated rings. The Kier molecular flexibility index (Phi) is 4.24. The van der Waals surface area contributed by atoms with Gasteiger partial charge in [0.25, 0.3) is 0 Å². The van der Waals surface area contributed by atoms with E-state index in [1.54, 1.807) is 0 Å². The number of nitrogens with zero attached hydrogens (tertiary/aromatic N) is 1. The van der Waals surface area contributed by atoms with Gasteiger partial charge in [-0.2, -0.15) is 0 Å². The van der Waals surface area contributed by atoms with E-state index in [9.17, 15) is 4.79 Å². The Morgan fingerprint density at radius 1 is 1.24 bits per heavy atom. The molecule has 0 aliphatic heterocycles. The number of carbonyl (C=O) groups is 1. The molecule has 1 amide bonds. The second kappa shape index (κ2) is 6.14. The van der Waals surface area contributed by atoms with E-state index in [1.165, 1.54) is 12.8 Å². The number of rotatable bonds is 7. The summed E-state index contributed by atoms with van der Waals surface area (Å²) in [5, 5.41) is 0. The quantitative estimate of drug-likeness (QED) is 0.787. The van der Waals surface area contributed by atoms with Crippen LogP contribution in [0, 0.1) is 11.8 Å². The number of thiocarbonyl (C=S) groups is 1. The van der Waals surface area contributed by atoms with Gasteiger partial charge in [0, 0.05) is 12.6 Å². The van der Waals surface area contributed by atoms with Crippen molar-refractivity contribution in [1.82, 2.24) is 4.90 Å². The lowest BCUT2D eigenvalue weighted by Crippen LogP contribution is -2.44. The van der Waals surface area contributed by atoms with Crippen molar-refractivity contribution >= 4 is 23.1 Å². The van der Waals surface area contributed by atoms with Crippen LogP contribution in [0.4, 0.5) is 0 Å². The zero-order valence-corrected chi connectivity index (χ0v) is 13.0. The van der Waals surface area contributed by atoms with Crippen LogP contribution in [0.25, 0.3) is 0 Å². The Labute approximate surface area is 131 Å². The summed E-state index contributed by atoms with van der Waals surface area (Å²) in [6.07, 6.45) is 5.39. The van der Waals surface area contributed by atoms with Gasteiger partial charge in [0.2, 0.25) is 5.91 Å². The molecular weight excluding hydrogens is 280 g/mol. The van der Waals surface area contributed by atoms with Gasteiger partial charge < -0.3 is 10.6 Å². The van der Waals surface area contributed by atoms with Crippen LogP contribution in [-0.2, 0) is 11.2 Å². The van der Waals surface area contributed by atoms with Crippen molar-refractivity contribution in [3.8, 4) is 0 Å². The molecule has 0 bridgehead atoms. The smallest absolute Gasteiger partial charge is 0.233 e. The highest BCUT2D eigenvalue weighted by Crippen LogP contribution is 2.35. The first kappa shape index (κ1) is 14.5. The molecule has 112 valence electrons. The molecule has 2 aliphatic rings. The van der Waals surface area contributed by atoms with Gasteiger partial charge in [0.15, 0.2) is 0 Å². The topological polar surface area (TPSA) is 46.3 Å². The van der Waals surface area contributed by atoms with E-state index >= 15 is 0 Å². The van der Waals surface area contributed by atoms with Crippen LogP contribution in [0.3, 0.4) is 0 Å². The van der Waals surface area contributed by atoms with Crippen LogP contribution in [-0.4, -0.2) is 28.4 Å². The minimum atomic E-state index is -0.359. The number of benzene rings is 1. The SMILES string of the molecule is NC(=S)C(Cc1ccccc1)C(=O)N(CC1CC1)C1CC1. The number of hydrogen-bond donors (Lipinski definition) is 1. The molecule has 1 atom stereocenters. The van der Waals surface area contributed by atoms with E-state index in [1.807, 2.05) is 30.3 Å². The maximum atomic E-state index is 12.9. The minimum absolute atomic E-state index is 0.140. The number of nitrogens with two attached hydrogens (primary N) is 1. The second-order valence-electron chi connectivity index (χ2n) is 6.31. The fourth-order valence-corrected chi connectivity index (χ4v) is 2.93. The molecule has 1 aromatic carbocycles. The van der Waals surface area contributed by atoms with Crippen LogP contribution in [0.15, 0.2) is 30.3 Å². The molecule has 2 saturated carbocycles. The van der Waals surface area contributed by atoms with Gasteiger partial charge in [-0.25, -0.2) is 0 Å². The first-order valence-corrected chi connectivity index (χ1v) is 8.19. The van der Waals surface area contributed by atoms with Crippen LogP contribution in [0.2, 0.25) is 0 Å². The van der Waals surface area contributed by atoms with E-state index in [4.69, 9.17) is 18.0 Å². The molecule has 4 heteroatoms. The van der Waals surface area contributed by atoms with Crippen molar-refractivity contribution in [2.45, 2.75) is 38.1 Å². The van der Waals surface area contributed by atoms with Crippen LogP contribution >= 0.6 is 12.2 Å². The van der Waals surface area contributed by atoms with E-state index in [2.05, 4.69) is 4.90 Å². The van der Waals surface area contributed by atoms with Gasteiger partial charge in [-0.15, -0.1) is 0 Å². The molecule has 0 heterocycles. The largest absolute Gasteiger partial charge is 0.393 e. The lowest BCUT2D eigenvalue weighted by molar-refractivity contribution is -0.134. The molecule has 0 spiro atoms.